The van der Waals surface area contributed by atoms with Crippen molar-refractivity contribution in [2.24, 2.45) is 0 Å². The van der Waals surface area contributed by atoms with Gasteiger partial charge in [0.05, 0.1) is 33.9 Å². The number of thioether (sulfide) groups is 1. The molecule has 0 bridgehead atoms. The van der Waals surface area contributed by atoms with Crippen LogP contribution in [-0.4, -0.2) is 45.6 Å². The first-order valence-corrected chi connectivity index (χ1v) is 11.1. The lowest BCUT2D eigenvalue weighted by Crippen LogP contribution is -2.36. The van der Waals surface area contributed by atoms with Gasteiger partial charge in [-0.1, -0.05) is 47.6 Å². The molecule has 0 radical (unpaired) electrons. The minimum Gasteiger partial charge on any atom is -0.336 e. The van der Waals surface area contributed by atoms with Crippen LogP contribution in [0.4, 0.5) is 5.69 Å². The molecule has 162 valence electrons. The number of halogens is 1. The number of amides is 2. The van der Waals surface area contributed by atoms with Crippen LogP contribution in [0.3, 0.4) is 0 Å². The van der Waals surface area contributed by atoms with Gasteiger partial charge in [0.25, 0.3) is 5.56 Å². The minimum atomic E-state index is -0.350. The second-order valence-electron chi connectivity index (χ2n) is 7.25. The van der Waals surface area contributed by atoms with E-state index in [1.165, 1.54) is 16.7 Å². The lowest BCUT2D eigenvalue weighted by molar-refractivity contribution is -0.131. The van der Waals surface area contributed by atoms with E-state index in [9.17, 15) is 14.4 Å². The summed E-state index contributed by atoms with van der Waals surface area (Å²) < 4.78 is 1.59. The van der Waals surface area contributed by atoms with Crippen LogP contribution < -0.4 is 10.9 Å². The summed E-state index contributed by atoms with van der Waals surface area (Å²) in [6.07, 6.45) is 0. The van der Waals surface area contributed by atoms with Gasteiger partial charge >= 0.3 is 0 Å². The largest absolute Gasteiger partial charge is 0.336 e. The monoisotopic (exact) mass is 458 g/mol. The van der Waals surface area contributed by atoms with Crippen molar-refractivity contribution in [1.29, 1.82) is 0 Å². The van der Waals surface area contributed by atoms with Crippen molar-refractivity contribution >= 4 is 51.8 Å². The molecule has 2 aromatic carbocycles. The van der Waals surface area contributed by atoms with Crippen molar-refractivity contribution in [1.82, 2.24) is 14.5 Å². The third kappa shape index (κ3) is 5.45. The number of fused-ring (bicyclic) bond motifs is 1. The molecule has 0 aliphatic rings. The van der Waals surface area contributed by atoms with Crippen molar-refractivity contribution in [3.63, 3.8) is 0 Å². The minimum absolute atomic E-state index is 0.0490. The van der Waals surface area contributed by atoms with E-state index in [-0.39, 0.29) is 35.7 Å². The normalized spacial score (nSPS) is 11.0. The van der Waals surface area contributed by atoms with Crippen molar-refractivity contribution in [2.75, 3.05) is 24.7 Å². The summed E-state index contributed by atoms with van der Waals surface area (Å²) >= 11 is 7.23. The summed E-state index contributed by atoms with van der Waals surface area (Å²) in [5.74, 6) is -0.554. The molecule has 0 fully saturated rings. The summed E-state index contributed by atoms with van der Waals surface area (Å²) in [5.41, 5.74) is 0.945. The molecule has 0 unspecified atom stereocenters. The summed E-state index contributed by atoms with van der Waals surface area (Å²) in [6.45, 7) is 3.68. The van der Waals surface area contributed by atoms with Crippen molar-refractivity contribution in [3.8, 4) is 0 Å². The zero-order valence-electron chi connectivity index (χ0n) is 17.5. The molecule has 0 saturated carbocycles. The van der Waals surface area contributed by atoms with E-state index in [1.54, 1.807) is 54.1 Å². The Kier molecular flexibility index (Phi) is 7.35. The van der Waals surface area contributed by atoms with Gasteiger partial charge < -0.3 is 10.2 Å². The molecule has 7 nitrogen and oxygen atoms in total. The maximum Gasteiger partial charge on any atom is 0.262 e. The van der Waals surface area contributed by atoms with Crippen molar-refractivity contribution < 1.29 is 9.59 Å². The molecule has 0 atom stereocenters. The predicted molar refractivity (Wildman–Crippen MR) is 125 cm³/mol. The number of carbonyl (C=O) groups excluding carboxylic acids is 2. The SMILES string of the molecule is CC(C)n1c(SCC(=O)N(C)CC(=O)Nc2ccccc2Cl)nc2ccccc2c1=O. The predicted octanol–water partition coefficient (Wildman–Crippen LogP) is 3.82. The van der Waals surface area contributed by atoms with Gasteiger partial charge in [0.1, 0.15) is 0 Å². The number of aromatic nitrogens is 2. The Morgan fingerprint density at radius 3 is 2.55 bits per heavy atom. The maximum atomic E-state index is 12.9. The number of para-hydroxylation sites is 2. The van der Waals surface area contributed by atoms with Gasteiger partial charge in [-0.15, -0.1) is 0 Å². The molecule has 0 spiro atoms. The van der Waals surface area contributed by atoms with E-state index < -0.39 is 0 Å². The Labute approximate surface area is 189 Å². The molecule has 0 saturated heterocycles. The fourth-order valence-corrected chi connectivity index (χ4v) is 4.23. The molecular weight excluding hydrogens is 436 g/mol. The Balaban J connectivity index is 1.68. The fraction of sp³-hybridized carbons (Fsp3) is 0.273. The van der Waals surface area contributed by atoms with Crippen LogP contribution in [0.15, 0.2) is 58.5 Å². The quantitative estimate of drug-likeness (QED) is 0.429. The lowest BCUT2D eigenvalue weighted by Gasteiger charge is -2.19. The number of hydrogen-bond acceptors (Lipinski definition) is 5. The van der Waals surface area contributed by atoms with Crippen molar-refractivity contribution in [3.05, 3.63) is 63.9 Å². The topological polar surface area (TPSA) is 84.3 Å². The number of nitrogens with one attached hydrogen (secondary N) is 1. The van der Waals surface area contributed by atoms with Gasteiger partial charge in [-0.3, -0.25) is 19.0 Å². The summed E-state index contributed by atoms with van der Waals surface area (Å²) in [6, 6.07) is 13.9. The highest BCUT2D eigenvalue weighted by atomic mass is 35.5. The molecule has 0 aliphatic carbocycles. The Morgan fingerprint density at radius 2 is 1.84 bits per heavy atom. The lowest BCUT2D eigenvalue weighted by atomic mass is 10.2. The van der Waals surface area contributed by atoms with Crippen LogP contribution in [0.5, 0.6) is 0 Å². The molecule has 1 heterocycles. The number of carbonyl (C=O) groups is 2. The van der Waals surface area contributed by atoms with Crippen LogP contribution in [0.1, 0.15) is 19.9 Å². The van der Waals surface area contributed by atoms with Crippen LogP contribution in [0.25, 0.3) is 10.9 Å². The van der Waals surface area contributed by atoms with Gasteiger partial charge in [0.15, 0.2) is 5.16 Å². The summed E-state index contributed by atoms with van der Waals surface area (Å²) in [5, 5.41) is 4.13. The smallest absolute Gasteiger partial charge is 0.262 e. The number of hydrogen-bond donors (Lipinski definition) is 1. The fourth-order valence-electron chi connectivity index (χ4n) is 2.98. The first-order valence-electron chi connectivity index (χ1n) is 9.70. The zero-order chi connectivity index (χ0) is 22.5. The highest BCUT2D eigenvalue weighted by Gasteiger charge is 2.18. The molecule has 2 amide bonds. The molecule has 0 aliphatic heterocycles. The zero-order valence-corrected chi connectivity index (χ0v) is 19.0. The maximum absolute atomic E-state index is 12.9. The average molecular weight is 459 g/mol. The molecule has 9 heteroatoms. The van der Waals surface area contributed by atoms with E-state index >= 15 is 0 Å². The third-order valence-corrected chi connectivity index (χ3v) is 5.84. The first kappa shape index (κ1) is 22.8. The average Bonchev–Trinajstić information content (AvgIpc) is 2.73. The molecule has 3 aromatic rings. The Bertz CT molecular complexity index is 1180. The van der Waals surface area contributed by atoms with E-state index in [0.717, 1.165) is 0 Å². The van der Waals surface area contributed by atoms with Gasteiger partial charge in [-0.25, -0.2) is 4.98 Å². The standard InChI is InChI=1S/C22H23ClN4O3S/c1-14(2)27-21(30)15-8-4-6-10-17(15)25-22(27)31-13-20(29)26(3)12-19(28)24-18-11-7-5-9-16(18)23/h4-11,14H,12-13H2,1-3H3,(H,24,28). The number of benzene rings is 2. The number of likely N-dealkylation sites (N-methyl/N-ethyl adjacent to an activating group) is 1. The van der Waals surface area contributed by atoms with Gasteiger partial charge in [0.2, 0.25) is 11.8 Å². The van der Waals surface area contributed by atoms with E-state index in [4.69, 9.17) is 11.6 Å². The van der Waals surface area contributed by atoms with Gasteiger partial charge in [-0.05, 0) is 38.1 Å². The highest BCUT2D eigenvalue weighted by molar-refractivity contribution is 7.99. The molecule has 1 N–H and O–H groups in total. The van der Waals surface area contributed by atoms with E-state index in [0.29, 0.717) is 26.8 Å². The Hall–Kier alpha value is -2.84. The molecular formula is C22H23ClN4O3S. The molecule has 31 heavy (non-hydrogen) atoms. The van der Waals surface area contributed by atoms with Crippen LogP contribution in [0, 0.1) is 0 Å². The Morgan fingerprint density at radius 1 is 1.16 bits per heavy atom. The van der Waals surface area contributed by atoms with E-state index in [2.05, 4.69) is 10.3 Å². The second-order valence-corrected chi connectivity index (χ2v) is 8.60. The molecule has 3 rings (SSSR count). The van der Waals surface area contributed by atoms with Crippen LogP contribution in [0.2, 0.25) is 5.02 Å². The van der Waals surface area contributed by atoms with Crippen LogP contribution >= 0.6 is 23.4 Å². The number of nitrogens with zero attached hydrogens (tertiary/aromatic N) is 3. The number of anilines is 1. The van der Waals surface area contributed by atoms with Gasteiger partial charge in [0, 0.05) is 13.1 Å². The van der Waals surface area contributed by atoms with Crippen molar-refractivity contribution in [2.45, 2.75) is 25.0 Å². The number of rotatable bonds is 7. The first-order chi connectivity index (χ1) is 14.8. The van der Waals surface area contributed by atoms with Gasteiger partial charge in [-0.2, -0.15) is 0 Å². The highest BCUT2D eigenvalue weighted by Crippen LogP contribution is 2.22. The summed E-state index contributed by atoms with van der Waals surface area (Å²) in [4.78, 5) is 43.6. The van der Waals surface area contributed by atoms with E-state index in [1.807, 2.05) is 19.9 Å². The third-order valence-electron chi connectivity index (χ3n) is 4.57. The van der Waals surface area contributed by atoms with Crippen LogP contribution in [-0.2, 0) is 9.59 Å². The second kappa shape index (κ2) is 9.98. The molecule has 1 aromatic heterocycles. The summed E-state index contributed by atoms with van der Waals surface area (Å²) in [7, 11) is 1.55.